The number of nitrogens with zero attached hydrogens (tertiary/aromatic N) is 4. The van der Waals surface area contributed by atoms with Crippen LogP contribution in [-0.4, -0.2) is 50.7 Å². The van der Waals surface area contributed by atoms with Crippen LogP contribution in [-0.2, 0) is 0 Å². The van der Waals surface area contributed by atoms with Gasteiger partial charge in [-0.1, -0.05) is 6.42 Å². The second-order valence-corrected chi connectivity index (χ2v) is 6.84. The number of halogens is 1. The molecule has 3 heterocycles. The summed E-state index contributed by atoms with van der Waals surface area (Å²) in [5, 5.41) is 7.43. The molecule has 0 unspecified atom stereocenters. The number of amides is 1. The van der Waals surface area contributed by atoms with E-state index in [1.807, 2.05) is 0 Å². The van der Waals surface area contributed by atoms with Gasteiger partial charge in [-0.2, -0.15) is 0 Å². The van der Waals surface area contributed by atoms with Crippen molar-refractivity contribution < 1.29 is 9.18 Å². The first-order chi connectivity index (χ1) is 12.1. The molecule has 1 amide bonds. The lowest BCUT2D eigenvalue weighted by atomic mass is 9.99. The summed E-state index contributed by atoms with van der Waals surface area (Å²) in [5.74, 6) is 0.220. The summed E-state index contributed by atoms with van der Waals surface area (Å²) in [5.41, 5.74) is 0.685. The molecule has 0 radical (unpaired) electrons. The molecule has 4 rings (SSSR count). The second kappa shape index (κ2) is 6.55. The van der Waals surface area contributed by atoms with Crippen molar-refractivity contribution in [3.63, 3.8) is 0 Å². The van der Waals surface area contributed by atoms with Crippen LogP contribution < -0.4 is 5.32 Å². The molecule has 132 valence electrons. The van der Waals surface area contributed by atoms with Crippen LogP contribution in [0.25, 0.3) is 5.69 Å². The van der Waals surface area contributed by atoms with Gasteiger partial charge in [0, 0.05) is 18.6 Å². The molecule has 7 heteroatoms. The van der Waals surface area contributed by atoms with E-state index in [9.17, 15) is 9.18 Å². The van der Waals surface area contributed by atoms with E-state index in [1.165, 1.54) is 25.0 Å². The third kappa shape index (κ3) is 3.16. The van der Waals surface area contributed by atoms with Crippen molar-refractivity contribution >= 4 is 5.91 Å². The van der Waals surface area contributed by atoms with E-state index < -0.39 is 0 Å². The van der Waals surface area contributed by atoms with E-state index in [-0.39, 0.29) is 23.6 Å². The van der Waals surface area contributed by atoms with Gasteiger partial charge in [-0.15, -0.1) is 5.10 Å². The highest BCUT2D eigenvalue weighted by Crippen LogP contribution is 2.27. The van der Waals surface area contributed by atoms with E-state index in [4.69, 9.17) is 0 Å². The van der Waals surface area contributed by atoms with Crippen LogP contribution in [0, 0.1) is 12.7 Å². The fourth-order valence-corrected chi connectivity index (χ4v) is 3.96. The summed E-state index contributed by atoms with van der Waals surface area (Å²) in [4.78, 5) is 19.4. The molecule has 2 saturated heterocycles. The molecule has 0 bridgehead atoms. The molecule has 1 aromatic carbocycles. The topological polar surface area (TPSA) is 63.1 Å². The number of nitrogens with one attached hydrogen (secondary N) is 1. The highest BCUT2D eigenvalue weighted by atomic mass is 19.1. The molecular weight excluding hydrogens is 321 g/mol. The minimum atomic E-state index is -0.308. The highest BCUT2D eigenvalue weighted by molar-refractivity contribution is 5.90. The van der Waals surface area contributed by atoms with Gasteiger partial charge < -0.3 is 5.32 Å². The van der Waals surface area contributed by atoms with Gasteiger partial charge in [0.1, 0.15) is 11.6 Å². The number of piperidine rings is 1. The number of aryl methyl sites for hydroxylation is 1. The molecule has 0 saturated carbocycles. The van der Waals surface area contributed by atoms with E-state index in [0.717, 1.165) is 25.9 Å². The first-order valence-electron chi connectivity index (χ1n) is 8.86. The molecule has 25 heavy (non-hydrogen) atoms. The number of hydrogen-bond donors (Lipinski definition) is 1. The Morgan fingerprint density at radius 1 is 1.20 bits per heavy atom. The number of aromatic nitrogens is 3. The zero-order valence-corrected chi connectivity index (χ0v) is 14.3. The Labute approximate surface area is 146 Å². The summed E-state index contributed by atoms with van der Waals surface area (Å²) in [7, 11) is 0. The smallest absolute Gasteiger partial charge is 0.291 e. The zero-order valence-electron chi connectivity index (χ0n) is 14.3. The van der Waals surface area contributed by atoms with Crippen LogP contribution in [0.3, 0.4) is 0 Å². The molecule has 2 fully saturated rings. The SMILES string of the molecule is Cc1nc(C(=O)N[C@H]2CCN3CCCC[C@H]23)nn1-c1ccc(F)cc1. The lowest BCUT2D eigenvalue weighted by Crippen LogP contribution is -2.47. The number of rotatable bonds is 3. The molecule has 6 nitrogen and oxygen atoms in total. The van der Waals surface area contributed by atoms with Gasteiger partial charge in [0.2, 0.25) is 5.82 Å². The average Bonchev–Trinajstić information content (AvgIpc) is 3.20. The molecule has 1 aromatic heterocycles. The molecule has 0 aliphatic carbocycles. The van der Waals surface area contributed by atoms with Crippen LogP contribution >= 0.6 is 0 Å². The Morgan fingerprint density at radius 3 is 2.80 bits per heavy atom. The van der Waals surface area contributed by atoms with Gasteiger partial charge in [0.05, 0.1) is 5.69 Å². The van der Waals surface area contributed by atoms with Crippen LogP contribution in [0.5, 0.6) is 0 Å². The minimum Gasteiger partial charge on any atom is -0.345 e. The second-order valence-electron chi connectivity index (χ2n) is 6.84. The van der Waals surface area contributed by atoms with Gasteiger partial charge in [-0.3, -0.25) is 9.69 Å². The number of fused-ring (bicyclic) bond motifs is 1. The van der Waals surface area contributed by atoms with Crippen molar-refractivity contribution in [3.05, 3.63) is 41.7 Å². The zero-order chi connectivity index (χ0) is 17.4. The molecule has 2 atom stereocenters. The largest absolute Gasteiger partial charge is 0.345 e. The van der Waals surface area contributed by atoms with E-state index in [2.05, 4.69) is 20.3 Å². The standard InChI is InChI=1S/C18H22FN5O/c1-12-20-17(22-24(12)14-7-5-13(19)6-8-14)18(25)21-15-9-11-23-10-3-2-4-16(15)23/h5-8,15-16H,2-4,9-11H2,1H3,(H,21,25)/t15-,16+/m0/s1. The summed E-state index contributed by atoms with van der Waals surface area (Å²) in [6, 6.07) is 6.59. The van der Waals surface area contributed by atoms with Crippen LogP contribution in [0.1, 0.15) is 42.1 Å². The Kier molecular flexibility index (Phi) is 4.25. The summed E-state index contributed by atoms with van der Waals surface area (Å²) in [6.07, 6.45) is 4.60. The fourth-order valence-electron chi connectivity index (χ4n) is 3.96. The van der Waals surface area contributed by atoms with Crippen molar-refractivity contribution in [3.8, 4) is 5.69 Å². The van der Waals surface area contributed by atoms with Crippen LogP contribution in [0.4, 0.5) is 4.39 Å². The summed E-state index contributed by atoms with van der Waals surface area (Å²) < 4.78 is 14.7. The molecule has 2 aliphatic heterocycles. The average molecular weight is 343 g/mol. The molecule has 0 spiro atoms. The molecule has 2 aliphatic rings. The highest BCUT2D eigenvalue weighted by Gasteiger charge is 2.36. The molecular formula is C18H22FN5O. The predicted molar refractivity (Wildman–Crippen MR) is 91.1 cm³/mol. The Hall–Kier alpha value is -2.28. The normalized spacial score (nSPS) is 23.4. The maximum Gasteiger partial charge on any atom is 0.291 e. The van der Waals surface area contributed by atoms with Gasteiger partial charge >= 0.3 is 0 Å². The van der Waals surface area contributed by atoms with Crippen molar-refractivity contribution in [2.24, 2.45) is 0 Å². The van der Waals surface area contributed by atoms with Crippen molar-refractivity contribution in [1.29, 1.82) is 0 Å². The Morgan fingerprint density at radius 2 is 2.00 bits per heavy atom. The van der Waals surface area contributed by atoms with Crippen LogP contribution in [0.2, 0.25) is 0 Å². The van der Waals surface area contributed by atoms with Gasteiger partial charge in [-0.25, -0.2) is 14.1 Å². The number of carbonyl (C=O) groups is 1. The van der Waals surface area contributed by atoms with E-state index >= 15 is 0 Å². The summed E-state index contributed by atoms with van der Waals surface area (Å²) in [6.45, 7) is 3.96. The summed E-state index contributed by atoms with van der Waals surface area (Å²) >= 11 is 0. The maximum absolute atomic E-state index is 13.1. The van der Waals surface area contributed by atoms with Crippen LogP contribution in [0.15, 0.2) is 24.3 Å². The number of carbonyl (C=O) groups excluding carboxylic acids is 1. The van der Waals surface area contributed by atoms with Crippen molar-refractivity contribution in [2.75, 3.05) is 13.1 Å². The van der Waals surface area contributed by atoms with Crippen molar-refractivity contribution in [2.45, 2.75) is 44.7 Å². The lowest BCUT2D eigenvalue weighted by Gasteiger charge is -2.32. The van der Waals surface area contributed by atoms with Gasteiger partial charge in [0.15, 0.2) is 0 Å². The van der Waals surface area contributed by atoms with Gasteiger partial charge in [0.25, 0.3) is 5.91 Å². The Bertz CT molecular complexity index is 772. The van der Waals surface area contributed by atoms with E-state index in [1.54, 1.807) is 23.7 Å². The molecule has 1 N–H and O–H groups in total. The Balaban J connectivity index is 1.49. The minimum absolute atomic E-state index is 0.163. The third-order valence-corrected chi connectivity index (χ3v) is 5.22. The maximum atomic E-state index is 13.1. The lowest BCUT2D eigenvalue weighted by molar-refractivity contribution is 0.0905. The van der Waals surface area contributed by atoms with Gasteiger partial charge in [-0.05, 0) is 57.0 Å². The predicted octanol–water partition coefficient (Wildman–Crippen LogP) is 2.07. The number of benzene rings is 1. The first-order valence-corrected chi connectivity index (χ1v) is 8.86. The third-order valence-electron chi connectivity index (χ3n) is 5.22. The fraction of sp³-hybridized carbons (Fsp3) is 0.500. The van der Waals surface area contributed by atoms with E-state index in [0.29, 0.717) is 17.6 Å². The quantitative estimate of drug-likeness (QED) is 0.927. The molecule has 2 aromatic rings. The monoisotopic (exact) mass is 343 g/mol. The number of hydrogen-bond acceptors (Lipinski definition) is 4. The van der Waals surface area contributed by atoms with Crippen molar-refractivity contribution in [1.82, 2.24) is 25.0 Å². The first kappa shape index (κ1) is 16.2.